The summed E-state index contributed by atoms with van der Waals surface area (Å²) in [5.41, 5.74) is 0. The molecule has 1 saturated carbocycles. The van der Waals surface area contributed by atoms with Gasteiger partial charge in [0.25, 0.3) is 0 Å². The highest BCUT2D eigenvalue weighted by molar-refractivity contribution is 5.04. The Morgan fingerprint density at radius 2 is 1.65 bits per heavy atom. The summed E-state index contributed by atoms with van der Waals surface area (Å²) < 4.78 is 0. The van der Waals surface area contributed by atoms with Crippen molar-refractivity contribution >= 4 is 0 Å². The number of likely N-dealkylation sites (tertiary alicyclic amines) is 3. The first-order chi connectivity index (χ1) is 11.1. The lowest BCUT2D eigenvalue weighted by molar-refractivity contribution is 0.00962. The minimum Gasteiger partial charge on any atom is -0.304 e. The lowest BCUT2D eigenvalue weighted by Crippen LogP contribution is -2.55. The summed E-state index contributed by atoms with van der Waals surface area (Å²) >= 11 is 0. The summed E-state index contributed by atoms with van der Waals surface area (Å²) in [4.78, 5) is 8.39. The van der Waals surface area contributed by atoms with Gasteiger partial charge in [0, 0.05) is 37.8 Å². The molecule has 2 atom stereocenters. The first-order valence-corrected chi connectivity index (χ1v) is 10.4. The molecule has 132 valence electrons. The maximum Gasteiger partial charge on any atom is 0.0242 e. The van der Waals surface area contributed by atoms with E-state index in [9.17, 15) is 0 Å². The molecule has 4 rings (SSSR count). The molecule has 23 heavy (non-hydrogen) atoms. The van der Waals surface area contributed by atoms with Gasteiger partial charge in [-0.1, -0.05) is 20.8 Å². The van der Waals surface area contributed by atoms with Gasteiger partial charge in [-0.25, -0.2) is 0 Å². The van der Waals surface area contributed by atoms with Gasteiger partial charge in [-0.3, -0.25) is 9.80 Å². The van der Waals surface area contributed by atoms with E-state index in [0.717, 1.165) is 35.9 Å². The summed E-state index contributed by atoms with van der Waals surface area (Å²) in [7, 11) is 0. The van der Waals surface area contributed by atoms with Gasteiger partial charge < -0.3 is 4.90 Å². The van der Waals surface area contributed by atoms with E-state index in [-0.39, 0.29) is 0 Å². The average Bonchev–Trinajstić information content (AvgIpc) is 3.06. The van der Waals surface area contributed by atoms with Crippen LogP contribution in [-0.4, -0.2) is 72.1 Å². The lowest BCUT2D eigenvalue weighted by Gasteiger charge is -2.48. The topological polar surface area (TPSA) is 9.72 Å². The van der Waals surface area contributed by atoms with Crippen LogP contribution in [0.5, 0.6) is 0 Å². The van der Waals surface area contributed by atoms with Crippen molar-refractivity contribution in [3.8, 4) is 0 Å². The number of piperazine rings is 1. The van der Waals surface area contributed by atoms with Crippen LogP contribution in [0.25, 0.3) is 0 Å². The van der Waals surface area contributed by atoms with Gasteiger partial charge in [-0.05, 0) is 69.5 Å². The number of fused-ring (bicyclic) bond motifs is 2. The summed E-state index contributed by atoms with van der Waals surface area (Å²) in [6.07, 6.45) is 7.30. The second kappa shape index (κ2) is 6.65. The van der Waals surface area contributed by atoms with E-state index in [2.05, 4.69) is 35.5 Å². The Bertz CT molecular complexity index is 396. The average molecular weight is 320 g/mol. The van der Waals surface area contributed by atoms with E-state index in [0.29, 0.717) is 0 Å². The molecule has 3 saturated heterocycles. The normalized spacial score (nSPS) is 40.2. The summed E-state index contributed by atoms with van der Waals surface area (Å²) in [5, 5.41) is 0. The van der Waals surface area contributed by atoms with Crippen LogP contribution in [0.3, 0.4) is 0 Å². The molecule has 0 amide bonds. The van der Waals surface area contributed by atoms with Crippen LogP contribution < -0.4 is 0 Å². The van der Waals surface area contributed by atoms with E-state index >= 15 is 0 Å². The number of piperidine rings is 1. The van der Waals surface area contributed by atoms with E-state index in [1.165, 1.54) is 71.4 Å². The molecule has 3 nitrogen and oxygen atoms in total. The smallest absolute Gasteiger partial charge is 0.0242 e. The van der Waals surface area contributed by atoms with Crippen LogP contribution in [0.2, 0.25) is 0 Å². The Morgan fingerprint density at radius 3 is 2.22 bits per heavy atom. The molecule has 1 aliphatic carbocycles. The zero-order valence-corrected chi connectivity index (χ0v) is 15.6. The highest BCUT2D eigenvalue weighted by atomic mass is 15.4. The first-order valence-electron chi connectivity index (χ1n) is 10.4. The van der Waals surface area contributed by atoms with E-state index < -0.39 is 0 Å². The van der Waals surface area contributed by atoms with Gasteiger partial charge in [0.15, 0.2) is 0 Å². The van der Waals surface area contributed by atoms with Gasteiger partial charge in [-0.15, -0.1) is 0 Å². The van der Waals surface area contributed by atoms with Crippen molar-refractivity contribution in [3.63, 3.8) is 0 Å². The van der Waals surface area contributed by atoms with E-state index in [1.807, 2.05) is 0 Å². The Labute approximate surface area is 143 Å². The van der Waals surface area contributed by atoms with Gasteiger partial charge in [-0.2, -0.15) is 0 Å². The maximum atomic E-state index is 2.90. The third-order valence-electron chi connectivity index (χ3n) is 7.60. The third-order valence-corrected chi connectivity index (χ3v) is 7.60. The van der Waals surface area contributed by atoms with Crippen molar-refractivity contribution in [2.24, 2.45) is 17.8 Å². The molecule has 3 aliphatic heterocycles. The fourth-order valence-corrected chi connectivity index (χ4v) is 5.71. The Hall–Kier alpha value is -0.120. The number of hydrogen-bond donors (Lipinski definition) is 0. The maximum absolute atomic E-state index is 2.90. The highest BCUT2D eigenvalue weighted by Crippen LogP contribution is 2.42. The van der Waals surface area contributed by atoms with Gasteiger partial charge in [0.2, 0.25) is 0 Å². The second-order valence-corrected chi connectivity index (χ2v) is 9.20. The molecule has 3 heteroatoms. The molecule has 4 aliphatic rings. The largest absolute Gasteiger partial charge is 0.304 e. The molecule has 0 N–H and O–H groups in total. The highest BCUT2D eigenvalue weighted by Gasteiger charge is 2.48. The second-order valence-electron chi connectivity index (χ2n) is 9.20. The molecule has 0 aromatic carbocycles. The van der Waals surface area contributed by atoms with Crippen molar-refractivity contribution in [3.05, 3.63) is 0 Å². The number of rotatable bonds is 5. The third kappa shape index (κ3) is 3.21. The summed E-state index contributed by atoms with van der Waals surface area (Å²) in [6.45, 7) is 15.2. The monoisotopic (exact) mass is 319 g/mol. The zero-order chi connectivity index (χ0) is 16.0. The van der Waals surface area contributed by atoms with Crippen molar-refractivity contribution in [1.29, 1.82) is 0 Å². The number of nitrogens with zero attached hydrogens (tertiary/aromatic N) is 3. The minimum atomic E-state index is 0.891. The molecular weight excluding hydrogens is 282 g/mol. The van der Waals surface area contributed by atoms with Crippen LogP contribution in [0.15, 0.2) is 0 Å². The fourth-order valence-electron chi connectivity index (χ4n) is 5.71. The van der Waals surface area contributed by atoms with Crippen LogP contribution in [0.1, 0.15) is 52.9 Å². The first kappa shape index (κ1) is 16.4. The molecule has 3 heterocycles. The van der Waals surface area contributed by atoms with Gasteiger partial charge >= 0.3 is 0 Å². The van der Waals surface area contributed by atoms with E-state index in [4.69, 9.17) is 0 Å². The van der Waals surface area contributed by atoms with Crippen molar-refractivity contribution in [2.75, 3.05) is 39.3 Å². The minimum absolute atomic E-state index is 0.891. The number of hydrogen-bond acceptors (Lipinski definition) is 3. The predicted octanol–water partition coefficient (Wildman–Crippen LogP) is 2.91. The predicted molar refractivity (Wildman–Crippen MR) is 96.7 cm³/mol. The molecule has 0 spiro atoms. The van der Waals surface area contributed by atoms with Crippen LogP contribution in [-0.2, 0) is 0 Å². The molecule has 0 aromatic heterocycles. The molecule has 0 aromatic rings. The van der Waals surface area contributed by atoms with Crippen molar-refractivity contribution < 1.29 is 0 Å². The molecule has 0 radical (unpaired) electrons. The zero-order valence-electron chi connectivity index (χ0n) is 15.6. The van der Waals surface area contributed by atoms with Crippen LogP contribution in [0, 0.1) is 17.8 Å². The van der Waals surface area contributed by atoms with Crippen molar-refractivity contribution in [1.82, 2.24) is 14.7 Å². The van der Waals surface area contributed by atoms with Crippen molar-refractivity contribution in [2.45, 2.75) is 71.0 Å². The SMILES string of the molecule is CCN1CCC(CN2CC3CC2CN3C2CC(C(C)C)C2)CC1. The molecule has 2 unspecified atom stereocenters. The van der Waals surface area contributed by atoms with Gasteiger partial charge in [0.05, 0.1) is 0 Å². The summed E-state index contributed by atoms with van der Waals surface area (Å²) in [6, 6.07) is 2.73. The molecule has 4 fully saturated rings. The Kier molecular flexibility index (Phi) is 4.73. The quantitative estimate of drug-likeness (QED) is 0.771. The molecule has 2 bridgehead atoms. The van der Waals surface area contributed by atoms with Crippen LogP contribution in [0.4, 0.5) is 0 Å². The van der Waals surface area contributed by atoms with Gasteiger partial charge in [0.1, 0.15) is 0 Å². The molecular formula is C20H37N3. The van der Waals surface area contributed by atoms with Crippen LogP contribution >= 0.6 is 0 Å². The standard InChI is InChI=1S/C20H37N3/c1-4-21-7-5-16(6-8-21)12-22-13-20-11-19(22)14-23(20)18-9-17(10-18)15(2)3/h15-20H,4-14H2,1-3H3. The van der Waals surface area contributed by atoms with E-state index in [1.54, 1.807) is 0 Å². The Balaban J connectivity index is 1.22. The fraction of sp³-hybridized carbons (Fsp3) is 1.00. The lowest BCUT2D eigenvalue weighted by atomic mass is 9.73. The Morgan fingerprint density at radius 1 is 0.913 bits per heavy atom. The summed E-state index contributed by atoms with van der Waals surface area (Å²) in [5.74, 6) is 2.88.